The second-order valence-corrected chi connectivity index (χ2v) is 14.4. The molecule has 0 unspecified atom stereocenters. The van der Waals surface area contributed by atoms with Crippen molar-refractivity contribution in [1.29, 1.82) is 0 Å². The van der Waals surface area contributed by atoms with Crippen molar-refractivity contribution in [3.05, 3.63) is 109 Å². The summed E-state index contributed by atoms with van der Waals surface area (Å²) >= 11 is 0. The van der Waals surface area contributed by atoms with Gasteiger partial charge < -0.3 is 4.42 Å². The van der Waals surface area contributed by atoms with Crippen molar-refractivity contribution >= 4 is 168 Å². The van der Waals surface area contributed by atoms with Crippen LogP contribution in [0.15, 0.2) is 114 Å². The average Bonchev–Trinajstić information content (AvgIpc) is 3.68. The van der Waals surface area contributed by atoms with Gasteiger partial charge in [0.15, 0.2) is 17.5 Å². The topological polar surface area (TPSA) is 51.8 Å². The molecule has 0 saturated carbocycles. The molecule has 0 amide bonds. The van der Waals surface area contributed by atoms with Gasteiger partial charge in [0.1, 0.15) is 97.5 Å². The zero-order valence-corrected chi connectivity index (χ0v) is 32.0. The molecule has 0 spiro atoms. The number of benzene rings is 7. The quantitative estimate of drug-likeness (QED) is 0.196. The first-order valence-corrected chi connectivity index (χ1v) is 18.6. The summed E-state index contributed by atoms with van der Waals surface area (Å²) in [6.07, 6.45) is 0. The maximum absolute atomic E-state index is 6.83. The number of aromatic nitrogens is 3. The second kappa shape index (κ2) is 15.3. The number of fused-ring (bicyclic) bond motifs is 3. The molecule has 0 bridgehead atoms. The molecule has 2 aromatic heterocycles. The van der Waals surface area contributed by atoms with Crippen LogP contribution in [0.2, 0.25) is 0 Å². The lowest BCUT2D eigenvalue weighted by atomic mass is 9.58. The molecule has 9 rings (SSSR count). The molecule has 4 nitrogen and oxygen atoms in total. The first-order chi connectivity index (χ1) is 28.8. The van der Waals surface area contributed by atoms with Gasteiger partial charge in [0.2, 0.25) is 0 Å². The van der Waals surface area contributed by atoms with Crippen molar-refractivity contribution in [2.75, 3.05) is 0 Å². The number of nitrogens with zero attached hydrogens (tertiary/aromatic N) is 3. The fourth-order valence-corrected chi connectivity index (χ4v) is 7.59. The monoisotopic (exact) mass is 737 g/mol. The molecular weight excluding hydrogens is 717 g/mol. The minimum atomic E-state index is -0.00963. The molecule has 252 valence electrons. The predicted octanol–water partition coefficient (Wildman–Crippen LogP) is -1.50. The Morgan fingerprint density at radius 1 is 0.267 bits per heavy atom. The summed E-state index contributed by atoms with van der Waals surface area (Å²) in [6.45, 7) is 0. The molecule has 0 saturated heterocycles. The Labute approximate surface area is 362 Å². The summed E-state index contributed by atoms with van der Waals surface area (Å²) in [5.74, 6) is 0.844. The largest absolute Gasteiger partial charge is 0.455 e. The number of hydrogen-bond acceptors (Lipinski definition) is 4. The third-order valence-corrected chi connectivity index (χ3v) is 10.9. The minimum Gasteiger partial charge on any atom is -0.455 e. The van der Waals surface area contributed by atoms with Crippen LogP contribution in [0.3, 0.4) is 0 Å². The van der Waals surface area contributed by atoms with Crippen molar-refractivity contribution in [2.24, 2.45) is 0 Å². The Bertz CT molecular complexity index is 3170. The first-order valence-electron chi connectivity index (χ1n) is 18.6. The molecule has 7 aromatic carbocycles. The van der Waals surface area contributed by atoms with Gasteiger partial charge in [0.05, 0.1) is 5.56 Å². The lowest BCUT2D eigenvalue weighted by molar-refractivity contribution is 0.671. The fourth-order valence-electron chi connectivity index (χ4n) is 7.59. The molecule has 9 aromatic rings. The van der Waals surface area contributed by atoms with Crippen LogP contribution in [0.1, 0.15) is 0 Å². The Hall–Kier alpha value is -5.94. The molecule has 0 aliphatic carbocycles. The fraction of sp³-hybridized carbons (Fsp3) is 0. The van der Waals surface area contributed by atoms with Crippen LogP contribution in [-0.4, -0.2) is 101 Å². The number of hydrogen-bond donors (Lipinski definition) is 0. The lowest BCUT2D eigenvalue weighted by Crippen LogP contribution is -2.56. The van der Waals surface area contributed by atoms with Crippen molar-refractivity contribution in [2.45, 2.75) is 0 Å². The van der Waals surface area contributed by atoms with E-state index in [4.69, 9.17) is 106 Å². The van der Waals surface area contributed by atoms with Crippen LogP contribution in [0.25, 0.3) is 89.5 Å². The van der Waals surface area contributed by atoms with Gasteiger partial charge in [-0.2, -0.15) is 0 Å². The zero-order valence-electron chi connectivity index (χ0n) is 32.0. The minimum absolute atomic E-state index is 0.00567. The lowest BCUT2D eigenvalue weighted by Gasteiger charge is -2.24. The summed E-state index contributed by atoms with van der Waals surface area (Å²) in [7, 11) is 72.0. The molecule has 22 radical (unpaired) electrons. The van der Waals surface area contributed by atoms with E-state index in [0.29, 0.717) is 17.2 Å². The molecule has 0 aliphatic rings. The van der Waals surface area contributed by atoms with E-state index in [1.807, 2.05) is 72.8 Å². The Morgan fingerprint density at radius 2 is 0.567 bits per heavy atom. The summed E-state index contributed by atoms with van der Waals surface area (Å²) < 4.78 is 6.71. The highest BCUT2D eigenvalue weighted by Gasteiger charge is 2.27. The summed E-state index contributed by atoms with van der Waals surface area (Å²) in [4.78, 5) is 14.8. The Morgan fingerprint density at radius 3 is 1.03 bits per heavy atom. The zero-order chi connectivity index (χ0) is 42.1. The van der Waals surface area contributed by atoms with Gasteiger partial charge in [-0.05, 0) is 27.8 Å². The standard InChI is InChI=1S/C45H18B11N3O/c46-30-25(31(47)39(55)40(56)38(30)54)26-32(48)36(52)33(49)27-28-34(50)37(53)35(51)29(42(28)60-41(26)27)45-58-43(23-9-5-2-6-10-23)57-44(59-45)24-17-15-22(16-18-24)21-13-11-20(12-14-21)19-7-3-1-4-8-19/h1-18H. The van der Waals surface area contributed by atoms with Gasteiger partial charge in [-0.25, -0.2) is 15.0 Å². The maximum Gasteiger partial charge on any atom is 0.167 e. The van der Waals surface area contributed by atoms with E-state index >= 15 is 0 Å². The van der Waals surface area contributed by atoms with E-state index in [-0.39, 0.29) is 105 Å². The number of furan rings is 1. The van der Waals surface area contributed by atoms with Crippen molar-refractivity contribution < 1.29 is 4.42 Å². The molecule has 0 aliphatic heterocycles. The van der Waals surface area contributed by atoms with Crippen LogP contribution in [0.4, 0.5) is 0 Å². The Balaban J connectivity index is 1.26. The van der Waals surface area contributed by atoms with Crippen LogP contribution in [0.5, 0.6) is 0 Å². The molecule has 2 heterocycles. The summed E-state index contributed by atoms with van der Waals surface area (Å²) in [6, 6.07) is 36.0. The second-order valence-electron chi connectivity index (χ2n) is 14.4. The van der Waals surface area contributed by atoms with Crippen LogP contribution in [0, 0.1) is 0 Å². The normalized spacial score (nSPS) is 11.4. The van der Waals surface area contributed by atoms with Crippen LogP contribution >= 0.6 is 0 Å². The molecule has 0 N–H and O–H groups in total. The summed E-state index contributed by atoms with van der Waals surface area (Å²) in [5.41, 5.74) is 6.64. The van der Waals surface area contributed by atoms with Crippen molar-refractivity contribution in [1.82, 2.24) is 15.0 Å². The van der Waals surface area contributed by atoms with E-state index < -0.39 is 0 Å². The van der Waals surface area contributed by atoms with Gasteiger partial charge in [-0.1, -0.05) is 142 Å². The molecule has 15 heteroatoms. The molecule has 60 heavy (non-hydrogen) atoms. The average molecular weight is 736 g/mol. The number of rotatable bonds is 6. The highest BCUT2D eigenvalue weighted by Crippen LogP contribution is 2.36. The third kappa shape index (κ3) is 6.36. The van der Waals surface area contributed by atoms with E-state index in [1.54, 1.807) is 0 Å². The van der Waals surface area contributed by atoms with E-state index in [0.717, 1.165) is 27.8 Å². The molecule has 0 atom stereocenters. The van der Waals surface area contributed by atoms with E-state index in [2.05, 4.69) is 36.4 Å². The molecular formula is C45H18B11N3O. The van der Waals surface area contributed by atoms with Gasteiger partial charge in [0, 0.05) is 27.5 Å². The van der Waals surface area contributed by atoms with Gasteiger partial charge in [0.25, 0.3) is 0 Å². The highest BCUT2D eigenvalue weighted by molar-refractivity contribution is 6.71. The smallest absolute Gasteiger partial charge is 0.167 e. The summed E-state index contributed by atoms with van der Waals surface area (Å²) in [5, 5.41) is 0.534. The van der Waals surface area contributed by atoms with Gasteiger partial charge in [-0.15, -0.1) is 27.3 Å². The predicted molar refractivity (Wildman–Crippen MR) is 259 cm³/mol. The third-order valence-electron chi connectivity index (χ3n) is 10.9. The highest BCUT2D eigenvalue weighted by atomic mass is 16.3. The van der Waals surface area contributed by atoms with Crippen molar-refractivity contribution in [3.8, 4) is 67.5 Å². The SMILES string of the molecule is [B]c1c([B])c([B])c(-c2c([B])c([B])c([B])c3c2oc2c(-c4nc(-c5ccccc5)nc(-c5ccc(-c6ccc(-c7ccccc7)cc6)cc5)n4)c([B])c([B])c([B])c23)c([B])c1[B]. The maximum atomic E-state index is 6.83. The first kappa shape index (κ1) is 39.5. The van der Waals surface area contributed by atoms with Crippen molar-refractivity contribution in [3.63, 3.8) is 0 Å². The van der Waals surface area contributed by atoms with E-state index in [9.17, 15) is 0 Å². The van der Waals surface area contributed by atoms with E-state index in [1.165, 1.54) is 0 Å². The Kier molecular flexibility index (Phi) is 10.1. The van der Waals surface area contributed by atoms with Crippen LogP contribution < -0.4 is 60.1 Å². The molecule has 0 fully saturated rings. The van der Waals surface area contributed by atoms with Gasteiger partial charge >= 0.3 is 0 Å². The van der Waals surface area contributed by atoms with Crippen LogP contribution in [-0.2, 0) is 0 Å². The van der Waals surface area contributed by atoms with Gasteiger partial charge in [-0.3, -0.25) is 0 Å².